The van der Waals surface area contributed by atoms with Gasteiger partial charge in [-0.3, -0.25) is 0 Å². The zero-order valence-electron chi connectivity index (χ0n) is 12.9. The van der Waals surface area contributed by atoms with E-state index in [2.05, 4.69) is 31.2 Å². The van der Waals surface area contributed by atoms with E-state index in [1.807, 2.05) is 35.1 Å². The molecule has 0 spiro atoms. The van der Waals surface area contributed by atoms with E-state index in [1.54, 1.807) is 0 Å². The lowest BCUT2D eigenvalue weighted by Gasteiger charge is -2.36. The first-order valence-electron chi connectivity index (χ1n) is 7.57. The van der Waals surface area contributed by atoms with Crippen molar-refractivity contribution in [2.45, 2.75) is 39.7 Å². The van der Waals surface area contributed by atoms with Crippen LogP contribution in [-0.2, 0) is 6.42 Å². The number of nitrogens with one attached hydrogen (secondary N) is 1. The summed E-state index contributed by atoms with van der Waals surface area (Å²) in [6.07, 6.45) is 4.17. The van der Waals surface area contributed by atoms with Gasteiger partial charge in [-0.25, -0.2) is 4.68 Å². The van der Waals surface area contributed by atoms with Crippen LogP contribution in [0, 0.1) is 5.41 Å². The molecule has 3 nitrogen and oxygen atoms in total. The van der Waals surface area contributed by atoms with Gasteiger partial charge in [-0.05, 0) is 36.9 Å². The highest BCUT2D eigenvalue weighted by atomic mass is 35.5. The number of rotatable bonds is 3. The molecule has 0 saturated carbocycles. The van der Waals surface area contributed by atoms with Crippen LogP contribution in [0.3, 0.4) is 0 Å². The summed E-state index contributed by atoms with van der Waals surface area (Å²) < 4.78 is 2.02. The van der Waals surface area contributed by atoms with E-state index in [-0.39, 0.29) is 5.41 Å². The average Bonchev–Trinajstić information content (AvgIpc) is 2.82. The van der Waals surface area contributed by atoms with Crippen LogP contribution in [0.2, 0.25) is 5.02 Å². The molecule has 1 aromatic heterocycles. The molecule has 1 aliphatic rings. The fourth-order valence-electron chi connectivity index (χ4n) is 3.30. The minimum atomic E-state index is 0.263. The third-order valence-electron chi connectivity index (χ3n) is 4.21. The lowest BCUT2D eigenvalue weighted by molar-refractivity contribution is 0.255. The van der Waals surface area contributed by atoms with Crippen LogP contribution in [0.25, 0.3) is 5.69 Å². The Morgan fingerprint density at radius 2 is 2.14 bits per heavy atom. The number of aromatic nitrogens is 2. The summed E-state index contributed by atoms with van der Waals surface area (Å²) in [6, 6.07) is 8.28. The van der Waals surface area contributed by atoms with Gasteiger partial charge in [0.25, 0.3) is 0 Å². The van der Waals surface area contributed by atoms with Gasteiger partial charge in [0.1, 0.15) is 0 Å². The third kappa shape index (κ3) is 2.72. The molecule has 21 heavy (non-hydrogen) atoms. The second-order valence-electron chi connectivity index (χ2n) is 6.57. The molecule has 0 radical (unpaired) electrons. The van der Waals surface area contributed by atoms with Gasteiger partial charge in [0, 0.05) is 17.3 Å². The van der Waals surface area contributed by atoms with E-state index in [4.69, 9.17) is 11.6 Å². The summed E-state index contributed by atoms with van der Waals surface area (Å²) in [5.41, 5.74) is 3.83. The maximum atomic E-state index is 6.35. The van der Waals surface area contributed by atoms with Crippen molar-refractivity contribution in [1.29, 1.82) is 0 Å². The molecule has 2 aromatic rings. The van der Waals surface area contributed by atoms with Gasteiger partial charge in [-0.1, -0.05) is 44.5 Å². The quantitative estimate of drug-likeness (QED) is 0.923. The molecule has 0 saturated heterocycles. The molecule has 112 valence electrons. The Balaban J connectivity index is 2.09. The molecule has 0 fully saturated rings. The predicted molar refractivity (Wildman–Crippen MR) is 87.1 cm³/mol. The summed E-state index contributed by atoms with van der Waals surface area (Å²) in [6.45, 7) is 7.77. The van der Waals surface area contributed by atoms with Crippen LogP contribution < -0.4 is 5.32 Å². The van der Waals surface area contributed by atoms with Crippen LogP contribution in [0.1, 0.15) is 44.5 Å². The molecule has 1 aromatic carbocycles. The maximum absolute atomic E-state index is 6.35. The molecule has 0 aliphatic heterocycles. The van der Waals surface area contributed by atoms with Crippen molar-refractivity contribution in [3.8, 4) is 5.69 Å². The summed E-state index contributed by atoms with van der Waals surface area (Å²) in [7, 11) is 0. The molecule has 1 atom stereocenters. The number of hydrogen-bond donors (Lipinski definition) is 1. The highest BCUT2D eigenvalue weighted by Gasteiger charge is 2.34. The van der Waals surface area contributed by atoms with Gasteiger partial charge in [-0.2, -0.15) is 5.10 Å². The van der Waals surface area contributed by atoms with Crippen molar-refractivity contribution in [2.24, 2.45) is 5.41 Å². The molecule has 0 amide bonds. The smallest absolute Gasteiger partial charge is 0.0835 e. The van der Waals surface area contributed by atoms with E-state index in [9.17, 15) is 0 Å². The highest BCUT2D eigenvalue weighted by molar-refractivity contribution is 6.32. The van der Waals surface area contributed by atoms with Gasteiger partial charge < -0.3 is 5.32 Å². The molecule has 1 N–H and O–H groups in total. The Kier molecular flexibility index (Phi) is 3.80. The lowest BCUT2D eigenvalue weighted by atomic mass is 9.74. The van der Waals surface area contributed by atoms with E-state index in [1.165, 1.54) is 11.3 Å². The van der Waals surface area contributed by atoms with Crippen molar-refractivity contribution in [3.63, 3.8) is 0 Å². The minimum Gasteiger partial charge on any atom is -0.310 e. The molecule has 3 rings (SSSR count). The number of benzene rings is 1. The molecule has 1 aliphatic carbocycles. The normalized spacial score (nSPS) is 20.3. The SMILES string of the molecule is CCNC1CC(C)(C)Cc2c1cnn2-c1ccccc1Cl. The summed E-state index contributed by atoms with van der Waals surface area (Å²) in [5, 5.41) is 8.95. The number of para-hydroxylation sites is 1. The van der Waals surface area contributed by atoms with Gasteiger partial charge >= 0.3 is 0 Å². The molecular weight excluding hydrogens is 282 g/mol. The van der Waals surface area contributed by atoms with Crippen molar-refractivity contribution in [2.75, 3.05) is 6.54 Å². The van der Waals surface area contributed by atoms with Crippen LogP contribution in [-0.4, -0.2) is 16.3 Å². The van der Waals surface area contributed by atoms with Gasteiger partial charge in [0.2, 0.25) is 0 Å². The fraction of sp³-hybridized carbons (Fsp3) is 0.471. The second-order valence-corrected chi connectivity index (χ2v) is 6.97. The van der Waals surface area contributed by atoms with Crippen LogP contribution >= 0.6 is 11.6 Å². The van der Waals surface area contributed by atoms with Gasteiger partial charge in [0.15, 0.2) is 0 Å². The Hall–Kier alpha value is -1.32. The van der Waals surface area contributed by atoms with Gasteiger partial charge in [0.05, 0.1) is 16.9 Å². The summed E-state index contributed by atoms with van der Waals surface area (Å²) in [4.78, 5) is 0. The van der Waals surface area contributed by atoms with E-state index >= 15 is 0 Å². The topological polar surface area (TPSA) is 29.9 Å². The van der Waals surface area contributed by atoms with Crippen LogP contribution in [0.15, 0.2) is 30.5 Å². The standard InChI is InChI=1S/C17H22ClN3/c1-4-19-14-9-17(2,3)10-16-12(14)11-20-21(16)15-8-6-5-7-13(15)18/h5-8,11,14,19H,4,9-10H2,1-3H3. The van der Waals surface area contributed by atoms with Crippen molar-refractivity contribution < 1.29 is 0 Å². The Bertz CT molecular complexity index is 645. The molecule has 4 heteroatoms. The number of halogens is 1. The van der Waals surface area contributed by atoms with E-state index < -0.39 is 0 Å². The zero-order valence-corrected chi connectivity index (χ0v) is 13.6. The highest BCUT2D eigenvalue weighted by Crippen LogP contribution is 2.41. The first-order valence-corrected chi connectivity index (χ1v) is 7.95. The van der Waals surface area contributed by atoms with E-state index in [0.717, 1.165) is 30.1 Å². The Morgan fingerprint density at radius 1 is 1.38 bits per heavy atom. The zero-order chi connectivity index (χ0) is 15.0. The average molecular weight is 304 g/mol. The van der Waals surface area contributed by atoms with Gasteiger partial charge in [-0.15, -0.1) is 0 Å². The number of hydrogen-bond acceptors (Lipinski definition) is 2. The predicted octanol–water partition coefficient (Wildman–Crippen LogP) is 4.15. The largest absolute Gasteiger partial charge is 0.310 e. The molecular formula is C17H22ClN3. The monoisotopic (exact) mass is 303 g/mol. The maximum Gasteiger partial charge on any atom is 0.0835 e. The van der Waals surface area contributed by atoms with Crippen molar-refractivity contribution in [3.05, 3.63) is 46.7 Å². The first-order chi connectivity index (χ1) is 10.0. The van der Waals surface area contributed by atoms with E-state index in [0.29, 0.717) is 6.04 Å². The second kappa shape index (κ2) is 5.47. The van der Waals surface area contributed by atoms with Crippen LogP contribution in [0.5, 0.6) is 0 Å². The fourth-order valence-corrected chi connectivity index (χ4v) is 3.52. The Labute approximate surface area is 131 Å². The number of nitrogens with zero attached hydrogens (tertiary/aromatic N) is 2. The minimum absolute atomic E-state index is 0.263. The van der Waals surface area contributed by atoms with Crippen LogP contribution in [0.4, 0.5) is 0 Å². The van der Waals surface area contributed by atoms with Crippen molar-refractivity contribution in [1.82, 2.24) is 15.1 Å². The summed E-state index contributed by atoms with van der Waals surface area (Å²) in [5.74, 6) is 0. The van der Waals surface area contributed by atoms with Crippen molar-refractivity contribution >= 4 is 11.6 Å². The third-order valence-corrected chi connectivity index (χ3v) is 4.53. The molecule has 1 unspecified atom stereocenters. The first kappa shape index (κ1) is 14.6. The Morgan fingerprint density at radius 3 is 2.86 bits per heavy atom. The number of fused-ring (bicyclic) bond motifs is 1. The molecule has 1 heterocycles. The summed E-state index contributed by atoms with van der Waals surface area (Å²) >= 11 is 6.35. The molecule has 0 bridgehead atoms. The lowest BCUT2D eigenvalue weighted by Crippen LogP contribution is -2.33.